The number of nitrogens with zero attached hydrogens (tertiary/aromatic N) is 1. The Labute approximate surface area is 123 Å². The van der Waals surface area contributed by atoms with Crippen molar-refractivity contribution in [3.8, 4) is 0 Å². The highest BCUT2D eigenvalue weighted by molar-refractivity contribution is 7.92. The smallest absolute Gasteiger partial charge is 0.264 e. The van der Waals surface area contributed by atoms with Crippen LogP contribution in [0.4, 0.5) is 5.69 Å². The van der Waals surface area contributed by atoms with Gasteiger partial charge >= 0.3 is 0 Å². The van der Waals surface area contributed by atoms with Gasteiger partial charge in [-0.3, -0.25) is 4.31 Å². The molecule has 20 heavy (non-hydrogen) atoms. The molecule has 0 bridgehead atoms. The molecule has 0 aromatic heterocycles. The van der Waals surface area contributed by atoms with Crippen molar-refractivity contribution in [2.24, 2.45) is 0 Å². The van der Waals surface area contributed by atoms with Crippen LogP contribution in [0.5, 0.6) is 0 Å². The Morgan fingerprint density at radius 2 is 1.70 bits per heavy atom. The van der Waals surface area contributed by atoms with Crippen LogP contribution in [0.1, 0.15) is 22.1 Å². The number of para-hydroxylation sites is 1. The van der Waals surface area contributed by atoms with Gasteiger partial charge in [0, 0.05) is 7.05 Å². The predicted octanol–water partition coefficient (Wildman–Crippen LogP) is 3.46. The molecule has 1 atom stereocenters. The van der Waals surface area contributed by atoms with Crippen LogP contribution in [0.3, 0.4) is 0 Å². The number of fused-ring (bicyclic) bond motifs is 2. The lowest BCUT2D eigenvalue weighted by Crippen LogP contribution is -2.27. The third kappa shape index (κ3) is 1.75. The molecule has 0 radical (unpaired) electrons. The summed E-state index contributed by atoms with van der Waals surface area (Å²) in [7, 11) is -2.00. The van der Waals surface area contributed by atoms with E-state index in [1.54, 1.807) is 25.2 Å². The summed E-state index contributed by atoms with van der Waals surface area (Å²) in [5.74, 6) is 0. The quantitative estimate of drug-likeness (QED) is 0.699. The maximum absolute atomic E-state index is 12.8. The van der Waals surface area contributed by atoms with Gasteiger partial charge in [0.05, 0.1) is 16.0 Å². The van der Waals surface area contributed by atoms with E-state index in [4.69, 9.17) is 11.6 Å². The minimum atomic E-state index is -3.58. The molecular weight excluding hydrogens is 294 g/mol. The normalized spacial score (nSPS) is 19.9. The molecule has 0 saturated carbocycles. The Morgan fingerprint density at radius 1 is 1.05 bits per heavy atom. The van der Waals surface area contributed by atoms with Gasteiger partial charge < -0.3 is 0 Å². The van der Waals surface area contributed by atoms with Gasteiger partial charge in [0.2, 0.25) is 0 Å². The Morgan fingerprint density at radius 3 is 2.45 bits per heavy atom. The van der Waals surface area contributed by atoms with Gasteiger partial charge in [0.25, 0.3) is 10.0 Å². The van der Waals surface area contributed by atoms with Crippen LogP contribution in [0.15, 0.2) is 47.4 Å². The highest BCUT2D eigenvalue weighted by Gasteiger charge is 2.34. The summed E-state index contributed by atoms with van der Waals surface area (Å²) in [4.78, 5) is 0.276. The van der Waals surface area contributed by atoms with Crippen molar-refractivity contribution in [3.05, 3.63) is 59.2 Å². The van der Waals surface area contributed by atoms with Crippen LogP contribution in [0, 0.1) is 6.92 Å². The van der Waals surface area contributed by atoms with E-state index < -0.39 is 15.4 Å². The fraction of sp³-hybridized carbons (Fsp3) is 0.200. The summed E-state index contributed by atoms with van der Waals surface area (Å²) in [6.45, 7) is 1.89. The minimum Gasteiger partial charge on any atom is -0.269 e. The zero-order valence-corrected chi connectivity index (χ0v) is 12.7. The number of hydrogen-bond acceptors (Lipinski definition) is 2. The zero-order chi connectivity index (χ0) is 14.5. The number of hydrogen-bond donors (Lipinski definition) is 0. The summed E-state index contributed by atoms with van der Waals surface area (Å²) in [6, 6.07) is 12.6. The molecule has 0 amide bonds. The number of sulfonamides is 1. The van der Waals surface area contributed by atoms with Crippen molar-refractivity contribution >= 4 is 27.3 Å². The highest BCUT2D eigenvalue weighted by atomic mass is 35.5. The summed E-state index contributed by atoms with van der Waals surface area (Å²) >= 11 is 6.56. The second-order valence-corrected chi connectivity index (χ2v) is 7.26. The van der Waals surface area contributed by atoms with Crippen molar-refractivity contribution < 1.29 is 8.42 Å². The third-order valence-corrected chi connectivity index (χ3v) is 5.99. The number of rotatable bonds is 0. The van der Waals surface area contributed by atoms with Crippen molar-refractivity contribution in [1.82, 2.24) is 0 Å². The molecule has 1 unspecified atom stereocenters. The van der Waals surface area contributed by atoms with Crippen LogP contribution in [0.2, 0.25) is 0 Å². The van der Waals surface area contributed by atoms with E-state index in [9.17, 15) is 8.42 Å². The van der Waals surface area contributed by atoms with Crippen LogP contribution in [-0.4, -0.2) is 15.5 Å². The molecule has 2 aromatic rings. The molecular formula is C15H14ClNO2S. The van der Waals surface area contributed by atoms with E-state index in [0.29, 0.717) is 11.3 Å². The fourth-order valence-corrected chi connectivity index (χ4v) is 4.63. The first-order valence-corrected chi connectivity index (χ1v) is 8.13. The Hall–Kier alpha value is -1.52. The Bertz CT molecular complexity index is 786. The monoisotopic (exact) mass is 307 g/mol. The van der Waals surface area contributed by atoms with Gasteiger partial charge in [-0.05, 0) is 29.7 Å². The number of benzene rings is 2. The Kier molecular flexibility index (Phi) is 3.03. The second-order valence-electron chi connectivity index (χ2n) is 4.89. The van der Waals surface area contributed by atoms with Crippen LogP contribution in [0.25, 0.3) is 0 Å². The van der Waals surface area contributed by atoms with Gasteiger partial charge in [-0.15, -0.1) is 11.6 Å². The highest BCUT2D eigenvalue weighted by Crippen LogP contribution is 2.44. The van der Waals surface area contributed by atoms with E-state index in [0.717, 1.165) is 11.1 Å². The summed E-state index contributed by atoms with van der Waals surface area (Å²) < 4.78 is 26.8. The first kappa shape index (κ1) is 13.5. The van der Waals surface area contributed by atoms with E-state index in [-0.39, 0.29) is 4.90 Å². The van der Waals surface area contributed by atoms with Gasteiger partial charge in [-0.1, -0.05) is 36.4 Å². The van der Waals surface area contributed by atoms with E-state index in [1.165, 1.54) is 4.31 Å². The van der Waals surface area contributed by atoms with Crippen LogP contribution < -0.4 is 4.31 Å². The summed E-state index contributed by atoms with van der Waals surface area (Å²) in [5.41, 5.74) is 3.02. The first-order valence-electron chi connectivity index (χ1n) is 6.26. The summed E-state index contributed by atoms with van der Waals surface area (Å²) in [6.07, 6.45) is 0. The van der Waals surface area contributed by atoms with Crippen molar-refractivity contribution in [2.45, 2.75) is 17.2 Å². The average molecular weight is 308 g/mol. The minimum absolute atomic E-state index is 0.276. The molecule has 0 fully saturated rings. The van der Waals surface area contributed by atoms with Gasteiger partial charge in [-0.2, -0.15) is 0 Å². The molecule has 3 rings (SSSR count). The molecule has 0 N–H and O–H groups in total. The maximum atomic E-state index is 12.8. The molecule has 1 aliphatic heterocycles. The summed E-state index contributed by atoms with van der Waals surface area (Å²) in [5, 5.41) is -0.471. The molecule has 3 nitrogen and oxygen atoms in total. The predicted molar refractivity (Wildman–Crippen MR) is 80.9 cm³/mol. The third-order valence-electron chi connectivity index (χ3n) is 3.69. The first-order chi connectivity index (χ1) is 9.44. The number of alkyl halides is 1. The van der Waals surface area contributed by atoms with E-state index >= 15 is 0 Å². The molecule has 104 valence electrons. The molecule has 5 heteroatoms. The Balaban J connectivity index is 2.44. The second kappa shape index (κ2) is 4.50. The maximum Gasteiger partial charge on any atom is 0.264 e. The molecule has 0 saturated heterocycles. The molecule has 0 spiro atoms. The van der Waals surface area contributed by atoms with Crippen molar-refractivity contribution in [1.29, 1.82) is 0 Å². The topological polar surface area (TPSA) is 37.4 Å². The van der Waals surface area contributed by atoms with Gasteiger partial charge in [-0.25, -0.2) is 8.42 Å². The van der Waals surface area contributed by atoms with E-state index in [2.05, 4.69) is 0 Å². The van der Waals surface area contributed by atoms with Gasteiger partial charge in [0.15, 0.2) is 0 Å². The standard InChI is InChI=1S/C15H14ClNO2S/c1-10-6-5-8-12-14(16)11-7-3-4-9-13(11)20(18,19)17(2)15(10)12/h3-9,14H,1-2H3. The largest absolute Gasteiger partial charge is 0.269 e. The number of halogens is 1. The molecule has 1 aliphatic rings. The van der Waals surface area contributed by atoms with E-state index in [1.807, 2.05) is 31.2 Å². The van der Waals surface area contributed by atoms with Crippen LogP contribution in [-0.2, 0) is 10.0 Å². The zero-order valence-electron chi connectivity index (χ0n) is 11.2. The lowest BCUT2D eigenvalue weighted by atomic mass is 10.00. The lowest BCUT2D eigenvalue weighted by molar-refractivity contribution is 0.594. The number of aryl methyl sites for hydroxylation is 1. The fourth-order valence-electron chi connectivity index (χ4n) is 2.68. The lowest BCUT2D eigenvalue weighted by Gasteiger charge is -2.21. The van der Waals surface area contributed by atoms with Crippen molar-refractivity contribution in [2.75, 3.05) is 11.4 Å². The van der Waals surface area contributed by atoms with Gasteiger partial charge in [0.1, 0.15) is 0 Å². The number of anilines is 1. The van der Waals surface area contributed by atoms with Crippen molar-refractivity contribution in [3.63, 3.8) is 0 Å². The molecule has 2 aromatic carbocycles. The molecule has 0 aliphatic carbocycles. The average Bonchev–Trinajstić information content (AvgIpc) is 2.50. The molecule has 1 heterocycles. The SMILES string of the molecule is Cc1cccc2c1N(C)S(=O)(=O)c1ccccc1C2Cl. The van der Waals surface area contributed by atoms with Crippen LogP contribution >= 0.6 is 11.6 Å².